The summed E-state index contributed by atoms with van der Waals surface area (Å²) in [7, 11) is 0. The molecule has 1 heterocycles. The van der Waals surface area contributed by atoms with Crippen molar-refractivity contribution in [3.8, 4) is 0 Å². The molecule has 0 radical (unpaired) electrons. The van der Waals surface area contributed by atoms with Gasteiger partial charge < -0.3 is 10.2 Å². The zero-order valence-electron chi connectivity index (χ0n) is 13.2. The fraction of sp³-hybridized carbons (Fsp3) is 0.733. The Bertz CT molecular complexity index is 401. The van der Waals surface area contributed by atoms with E-state index in [0.717, 1.165) is 49.0 Å². The minimum absolute atomic E-state index is 0.452. The van der Waals surface area contributed by atoms with E-state index in [9.17, 15) is 0 Å². The van der Waals surface area contributed by atoms with E-state index in [2.05, 4.69) is 56.7 Å². The lowest BCUT2D eigenvalue weighted by Crippen LogP contribution is -2.33. The van der Waals surface area contributed by atoms with Crippen molar-refractivity contribution in [3.05, 3.63) is 11.4 Å². The molecule has 0 aliphatic rings. The number of hydrogen-bond donors (Lipinski definition) is 1. The fourth-order valence-corrected chi connectivity index (χ4v) is 2.18. The SMILES string of the molecule is CCCN(c1nc(CC)nc(NCC)c1C)C(C)C. The number of nitrogens with zero attached hydrogens (tertiary/aromatic N) is 3. The number of hydrogen-bond acceptors (Lipinski definition) is 4. The van der Waals surface area contributed by atoms with Crippen molar-refractivity contribution in [1.29, 1.82) is 0 Å². The van der Waals surface area contributed by atoms with Crippen LogP contribution in [0.4, 0.5) is 11.6 Å². The van der Waals surface area contributed by atoms with E-state index < -0.39 is 0 Å². The first kappa shape index (κ1) is 15.7. The molecule has 4 nitrogen and oxygen atoms in total. The smallest absolute Gasteiger partial charge is 0.137 e. The first-order valence-corrected chi connectivity index (χ1v) is 7.43. The molecule has 0 fully saturated rings. The Morgan fingerprint density at radius 1 is 1.16 bits per heavy atom. The highest BCUT2D eigenvalue weighted by molar-refractivity contribution is 5.59. The predicted molar refractivity (Wildman–Crippen MR) is 83.1 cm³/mol. The molecular weight excluding hydrogens is 236 g/mol. The summed E-state index contributed by atoms with van der Waals surface area (Å²) < 4.78 is 0. The average molecular weight is 264 g/mol. The number of aryl methyl sites for hydroxylation is 1. The lowest BCUT2D eigenvalue weighted by Gasteiger charge is -2.29. The van der Waals surface area contributed by atoms with Crippen LogP contribution in [0.1, 0.15) is 52.4 Å². The minimum Gasteiger partial charge on any atom is -0.370 e. The molecule has 0 amide bonds. The quantitative estimate of drug-likeness (QED) is 0.819. The van der Waals surface area contributed by atoms with E-state index in [1.807, 2.05) is 0 Å². The predicted octanol–water partition coefficient (Wildman–Crippen LogP) is 3.40. The molecule has 0 atom stereocenters. The minimum atomic E-state index is 0.452. The molecule has 0 saturated heterocycles. The molecule has 0 spiro atoms. The number of aromatic nitrogens is 2. The van der Waals surface area contributed by atoms with Gasteiger partial charge in [-0.3, -0.25) is 0 Å². The van der Waals surface area contributed by atoms with E-state index in [4.69, 9.17) is 4.98 Å². The van der Waals surface area contributed by atoms with Crippen LogP contribution in [0.3, 0.4) is 0 Å². The van der Waals surface area contributed by atoms with Crippen molar-refractivity contribution < 1.29 is 0 Å². The van der Waals surface area contributed by atoms with Gasteiger partial charge in [-0.15, -0.1) is 0 Å². The van der Waals surface area contributed by atoms with Gasteiger partial charge in [0.05, 0.1) is 0 Å². The van der Waals surface area contributed by atoms with Crippen molar-refractivity contribution in [2.75, 3.05) is 23.3 Å². The van der Waals surface area contributed by atoms with Crippen molar-refractivity contribution in [2.45, 2.75) is 60.4 Å². The molecule has 1 N–H and O–H groups in total. The maximum Gasteiger partial charge on any atom is 0.137 e. The summed E-state index contributed by atoms with van der Waals surface area (Å²) in [5.41, 5.74) is 1.15. The highest BCUT2D eigenvalue weighted by Crippen LogP contribution is 2.25. The topological polar surface area (TPSA) is 41.1 Å². The van der Waals surface area contributed by atoms with Crippen molar-refractivity contribution in [3.63, 3.8) is 0 Å². The maximum absolute atomic E-state index is 4.75. The van der Waals surface area contributed by atoms with Crippen molar-refractivity contribution in [2.24, 2.45) is 0 Å². The highest BCUT2D eigenvalue weighted by Gasteiger charge is 2.17. The Labute approximate surface area is 117 Å². The average Bonchev–Trinajstić information content (AvgIpc) is 2.38. The first-order valence-electron chi connectivity index (χ1n) is 7.43. The van der Waals surface area contributed by atoms with Crippen LogP contribution in [0.2, 0.25) is 0 Å². The Morgan fingerprint density at radius 2 is 1.84 bits per heavy atom. The van der Waals surface area contributed by atoms with Crippen molar-refractivity contribution >= 4 is 11.6 Å². The molecule has 0 aliphatic carbocycles. The third-order valence-electron chi connectivity index (χ3n) is 3.19. The molecule has 108 valence electrons. The molecule has 0 saturated carbocycles. The lowest BCUT2D eigenvalue weighted by molar-refractivity contribution is 0.656. The second-order valence-electron chi connectivity index (χ2n) is 5.11. The van der Waals surface area contributed by atoms with Gasteiger partial charge in [0.25, 0.3) is 0 Å². The van der Waals surface area contributed by atoms with Gasteiger partial charge in [0.2, 0.25) is 0 Å². The third kappa shape index (κ3) is 3.82. The standard InChI is InChI=1S/C15H28N4/c1-7-10-19(11(4)5)15-12(6)14(16-9-3)17-13(8-2)18-15/h11H,7-10H2,1-6H3,(H,16,17,18). The summed E-state index contributed by atoms with van der Waals surface area (Å²) in [4.78, 5) is 11.7. The molecule has 19 heavy (non-hydrogen) atoms. The van der Waals surface area contributed by atoms with Crippen LogP contribution in [0.25, 0.3) is 0 Å². The zero-order valence-corrected chi connectivity index (χ0v) is 13.2. The fourth-order valence-electron chi connectivity index (χ4n) is 2.18. The molecule has 0 aromatic carbocycles. The normalized spacial score (nSPS) is 10.9. The number of nitrogens with one attached hydrogen (secondary N) is 1. The van der Waals surface area contributed by atoms with Gasteiger partial charge in [0.1, 0.15) is 17.5 Å². The zero-order chi connectivity index (χ0) is 14.4. The molecular formula is C15H28N4. The third-order valence-corrected chi connectivity index (χ3v) is 3.19. The van der Waals surface area contributed by atoms with Crippen LogP contribution in [-0.4, -0.2) is 29.1 Å². The molecule has 0 bridgehead atoms. The summed E-state index contributed by atoms with van der Waals surface area (Å²) in [5, 5.41) is 3.35. The Hall–Kier alpha value is -1.32. The van der Waals surface area contributed by atoms with Crippen LogP contribution < -0.4 is 10.2 Å². The van der Waals surface area contributed by atoms with Gasteiger partial charge in [0, 0.05) is 31.1 Å². The second-order valence-corrected chi connectivity index (χ2v) is 5.11. The van der Waals surface area contributed by atoms with Crippen LogP contribution in [0, 0.1) is 6.92 Å². The summed E-state index contributed by atoms with van der Waals surface area (Å²) >= 11 is 0. The van der Waals surface area contributed by atoms with Gasteiger partial charge >= 0.3 is 0 Å². The summed E-state index contributed by atoms with van der Waals surface area (Å²) in [6, 6.07) is 0.452. The Morgan fingerprint density at radius 3 is 2.32 bits per heavy atom. The summed E-state index contributed by atoms with van der Waals surface area (Å²) in [6.45, 7) is 14.9. The molecule has 1 aromatic heterocycles. The van der Waals surface area contributed by atoms with Gasteiger partial charge in [-0.25, -0.2) is 9.97 Å². The second kappa shape index (κ2) is 7.31. The maximum atomic E-state index is 4.75. The summed E-state index contributed by atoms with van der Waals surface area (Å²) in [5.74, 6) is 2.98. The van der Waals surface area contributed by atoms with Crippen LogP contribution in [-0.2, 0) is 6.42 Å². The Kier molecular flexibility index (Phi) is 6.06. The molecule has 4 heteroatoms. The number of anilines is 2. The van der Waals surface area contributed by atoms with E-state index in [-0.39, 0.29) is 0 Å². The molecule has 0 unspecified atom stereocenters. The van der Waals surface area contributed by atoms with E-state index in [1.54, 1.807) is 0 Å². The van der Waals surface area contributed by atoms with E-state index >= 15 is 0 Å². The van der Waals surface area contributed by atoms with E-state index in [0.29, 0.717) is 6.04 Å². The van der Waals surface area contributed by atoms with E-state index in [1.165, 1.54) is 0 Å². The Balaban J connectivity index is 3.26. The van der Waals surface area contributed by atoms with Crippen molar-refractivity contribution in [1.82, 2.24) is 9.97 Å². The molecule has 1 aromatic rings. The molecule has 1 rings (SSSR count). The van der Waals surface area contributed by atoms with Crippen LogP contribution in [0.5, 0.6) is 0 Å². The highest BCUT2D eigenvalue weighted by atomic mass is 15.2. The lowest BCUT2D eigenvalue weighted by atomic mass is 10.2. The molecule has 0 aliphatic heterocycles. The van der Waals surface area contributed by atoms with Gasteiger partial charge in [-0.05, 0) is 34.1 Å². The largest absolute Gasteiger partial charge is 0.370 e. The monoisotopic (exact) mass is 264 g/mol. The first-order chi connectivity index (χ1) is 9.04. The number of rotatable bonds is 7. The van der Waals surface area contributed by atoms with Gasteiger partial charge in [0.15, 0.2) is 0 Å². The van der Waals surface area contributed by atoms with Gasteiger partial charge in [-0.2, -0.15) is 0 Å². The summed E-state index contributed by atoms with van der Waals surface area (Å²) in [6.07, 6.45) is 1.99. The van der Waals surface area contributed by atoms with Gasteiger partial charge in [-0.1, -0.05) is 13.8 Å². The van der Waals surface area contributed by atoms with Crippen LogP contribution in [0.15, 0.2) is 0 Å². The van der Waals surface area contributed by atoms with Crippen LogP contribution >= 0.6 is 0 Å².